The van der Waals surface area contributed by atoms with Crippen LogP contribution < -0.4 is 0 Å². The van der Waals surface area contributed by atoms with E-state index in [1.54, 1.807) is 18.2 Å². The van der Waals surface area contributed by atoms with Gasteiger partial charge in [0.2, 0.25) is 0 Å². The number of ether oxygens (including phenoxy) is 2. The Balaban J connectivity index is 2.92. The van der Waals surface area contributed by atoms with Gasteiger partial charge in [0.1, 0.15) is 13.2 Å². The molecule has 0 aromatic heterocycles. The molecule has 100 valence electrons. The molecule has 7 heteroatoms. The van der Waals surface area contributed by atoms with Crippen LogP contribution in [0.2, 0.25) is 0 Å². The molecular weight excluding hydrogens is 250 g/mol. The summed E-state index contributed by atoms with van der Waals surface area (Å²) in [5.74, 6) is -0.813. The van der Waals surface area contributed by atoms with Gasteiger partial charge in [0.15, 0.2) is 0 Å². The topological polar surface area (TPSA) is 101 Å². The molecule has 0 N–H and O–H groups in total. The summed E-state index contributed by atoms with van der Waals surface area (Å²) in [4.78, 5) is 24.2. The van der Waals surface area contributed by atoms with Crippen molar-refractivity contribution in [2.24, 2.45) is 5.11 Å². The lowest BCUT2D eigenvalue weighted by Gasteiger charge is -2.08. The van der Waals surface area contributed by atoms with Gasteiger partial charge in [-0.25, -0.2) is 0 Å². The summed E-state index contributed by atoms with van der Waals surface area (Å²) in [6.45, 7) is 2.74. The molecule has 0 saturated carbocycles. The van der Waals surface area contributed by atoms with Gasteiger partial charge in [0.05, 0.1) is 0 Å². The van der Waals surface area contributed by atoms with Crippen molar-refractivity contribution in [2.75, 3.05) is 0 Å². The number of carbonyl (C=O) groups is 2. The number of carbonyl (C=O) groups excluding carboxylic acids is 2. The zero-order valence-electron chi connectivity index (χ0n) is 10.6. The molecule has 19 heavy (non-hydrogen) atoms. The molecule has 1 rings (SSSR count). The first-order chi connectivity index (χ1) is 9.01. The second-order valence-electron chi connectivity index (χ2n) is 3.76. The minimum absolute atomic E-state index is 0.0667. The molecule has 0 aliphatic heterocycles. The third kappa shape index (κ3) is 5.56. The maximum atomic E-state index is 10.8. The number of nitrogens with zero attached hydrogens (tertiary/aromatic N) is 3. The minimum atomic E-state index is -0.407. The van der Waals surface area contributed by atoms with Crippen molar-refractivity contribution in [1.82, 2.24) is 0 Å². The Hall–Kier alpha value is -2.53. The number of benzene rings is 1. The van der Waals surface area contributed by atoms with Crippen LogP contribution in [0.1, 0.15) is 25.0 Å². The summed E-state index contributed by atoms with van der Waals surface area (Å²) in [6, 6.07) is 4.90. The number of azide groups is 1. The monoisotopic (exact) mass is 263 g/mol. The van der Waals surface area contributed by atoms with Gasteiger partial charge in [0, 0.05) is 24.4 Å². The molecule has 0 saturated heterocycles. The van der Waals surface area contributed by atoms with Crippen molar-refractivity contribution in [3.8, 4) is 0 Å². The fraction of sp³-hybridized carbons (Fsp3) is 0.333. The zero-order chi connectivity index (χ0) is 14.3. The van der Waals surface area contributed by atoms with E-state index in [9.17, 15) is 9.59 Å². The average molecular weight is 263 g/mol. The van der Waals surface area contributed by atoms with Crippen LogP contribution in [0.3, 0.4) is 0 Å². The molecule has 0 unspecified atom stereocenters. The molecule has 1 aromatic rings. The molecule has 0 spiro atoms. The van der Waals surface area contributed by atoms with Gasteiger partial charge in [-0.15, -0.1) is 0 Å². The molecule has 0 aliphatic carbocycles. The summed E-state index contributed by atoms with van der Waals surface area (Å²) in [5, 5.41) is 3.48. The van der Waals surface area contributed by atoms with Gasteiger partial charge < -0.3 is 9.47 Å². The lowest BCUT2D eigenvalue weighted by molar-refractivity contribution is -0.142. The Morgan fingerprint density at radius 2 is 1.58 bits per heavy atom. The maximum absolute atomic E-state index is 10.8. The summed E-state index contributed by atoms with van der Waals surface area (Å²) < 4.78 is 9.72. The highest BCUT2D eigenvalue weighted by molar-refractivity contribution is 5.66. The maximum Gasteiger partial charge on any atom is 0.302 e. The third-order valence-electron chi connectivity index (χ3n) is 2.08. The Morgan fingerprint density at radius 3 is 1.95 bits per heavy atom. The third-order valence-corrected chi connectivity index (χ3v) is 2.08. The Bertz CT molecular complexity index is 500. The highest BCUT2D eigenvalue weighted by Gasteiger charge is 2.04. The summed E-state index contributed by atoms with van der Waals surface area (Å²) >= 11 is 0. The van der Waals surface area contributed by atoms with Gasteiger partial charge in [-0.3, -0.25) is 9.59 Å². The van der Waals surface area contributed by atoms with Crippen LogP contribution in [0.4, 0.5) is 5.69 Å². The van der Waals surface area contributed by atoms with Crippen molar-refractivity contribution in [3.63, 3.8) is 0 Å². The zero-order valence-corrected chi connectivity index (χ0v) is 10.6. The van der Waals surface area contributed by atoms with Crippen LogP contribution in [0.5, 0.6) is 0 Å². The molecule has 7 nitrogen and oxygen atoms in total. The van der Waals surface area contributed by atoms with Gasteiger partial charge in [0.25, 0.3) is 0 Å². The number of rotatable bonds is 5. The van der Waals surface area contributed by atoms with Crippen LogP contribution in [0.25, 0.3) is 10.4 Å². The lowest BCUT2D eigenvalue weighted by atomic mass is 10.1. The highest BCUT2D eigenvalue weighted by Crippen LogP contribution is 2.19. The Labute approximate surface area is 109 Å². The highest BCUT2D eigenvalue weighted by atomic mass is 16.5. The van der Waals surface area contributed by atoms with Gasteiger partial charge in [-0.2, -0.15) is 0 Å². The number of esters is 2. The van der Waals surface area contributed by atoms with Crippen LogP contribution in [-0.2, 0) is 32.3 Å². The van der Waals surface area contributed by atoms with E-state index in [4.69, 9.17) is 15.0 Å². The molecular formula is C12H13N3O4. The fourth-order valence-electron chi connectivity index (χ4n) is 1.39. The SMILES string of the molecule is CC(=O)OCc1cc(COC(C)=O)cc(N=[N+]=[N-])c1. The Kier molecular flexibility index (Phi) is 5.37. The van der Waals surface area contributed by atoms with Crippen molar-refractivity contribution in [2.45, 2.75) is 27.1 Å². The summed E-state index contributed by atoms with van der Waals surface area (Å²) in [7, 11) is 0. The van der Waals surface area contributed by atoms with Crippen LogP contribution >= 0.6 is 0 Å². The quantitative estimate of drug-likeness (QED) is 0.352. The standard InChI is InChI=1S/C12H13N3O4/c1-8(16)18-6-10-3-11(7-19-9(2)17)5-12(4-10)14-15-13/h3-5H,6-7H2,1-2H3. The van der Waals surface area contributed by atoms with E-state index in [2.05, 4.69) is 10.0 Å². The van der Waals surface area contributed by atoms with Crippen molar-refractivity contribution < 1.29 is 19.1 Å². The molecule has 0 bridgehead atoms. The van der Waals surface area contributed by atoms with E-state index < -0.39 is 11.9 Å². The fourth-order valence-corrected chi connectivity index (χ4v) is 1.39. The smallest absolute Gasteiger partial charge is 0.302 e. The molecule has 0 fully saturated rings. The summed E-state index contributed by atoms with van der Waals surface area (Å²) in [6.07, 6.45) is 0. The molecule has 0 heterocycles. The van der Waals surface area contributed by atoms with E-state index >= 15 is 0 Å². The molecule has 0 atom stereocenters. The predicted molar refractivity (Wildman–Crippen MR) is 66.2 cm³/mol. The Morgan fingerprint density at radius 1 is 1.11 bits per heavy atom. The van der Waals surface area contributed by atoms with E-state index in [1.807, 2.05) is 0 Å². The second-order valence-corrected chi connectivity index (χ2v) is 3.76. The van der Waals surface area contributed by atoms with E-state index in [-0.39, 0.29) is 13.2 Å². The van der Waals surface area contributed by atoms with Gasteiger partial charge in [-0.1, -0.05) is 5.11 Å². The number of hydrogen-bond acceptors (Lipinski definition) is 5. The minimum Gasteiger partial charge on any atom is -0.461 e. The van der Waals surface area contributed by atoms with E-state index in [0.717, 1.165) is 0 Å². The van der Waals surface area contributed by atoms with E-state index in [1.165, 1.54) is 13.8 Å². The average Bonchev–Trinajstić information content (AvgIpc) is 2.34. The normalized spacial score (nSPS) is 9.37. The lowest BCUT2D eigenvalue weighted by Crippen LogP contribution is -2.01. The van der Waals surface area contributed by atoms with Crippen molar-refractivity contribution >= 4 is 17.6 Å². The van der Waals surface area contributed by atoms with Gasteiger partial charge in [-0.05, 0) is 34.9 Å². The van der Waals surface area contributed by atoms with Crippen molar-refractivity contribution in [3.05, 3.63) is 39.8 Å². The molecule has 0 aliphatic rings. The first kappa shape index (κ1) is 14.5. The molecule has 0 radical (unpaired) electrons. The van der Waals surface area contributed by atoms with Gasteiger partial charge >= 0.3 is 11.9 Å². The van der Waals surface area contributed by atoms with Crippen LogP contribution in [-0.4, -0.2) is 11.9 Å². The first-order valence-electron chi connectivity index (χ1n) is 5.46. The molecule has 0 amide bonds. The molecule has 1 aromatic carbocycles. The van der Waals surface area contributed by atoms with Crippen molar-refractivity contribution in [1.29, 1.82) is 0 Å². The second kappa shape index (κ2) is 7.03. The van der Waals surface area contributed by atoms with Crippen LogP contribution in [0.15, 0.2) is 23.3 Å². The number of hydrogen-bond donors (Lipinski definition) is 0. The largest absolute Gasteiger partial charge is 0.461 e. The van der Waals surface area contributed by atoms with Crippen LogP contribution in [0, 0.1) is 0 Å². The predicted octanol–water partition coefficient (Wildman–Crippen LogP) is 2.75. The van der Waals surface area contributed by atoms with E-state index in [0.29, 0.717) is 16.8 Å². The summed E-state index contributed by atoms with van der Waals surface area (Å²) in [5.41, 5.74) is 10.1. The first-order valence-corrected chi connectivity index (χ1v) is 5.46.